The van der Waals surface area contributed by atoms with Gasteiger partial charge >= 0.3 is 0 Å². The minimum Gasteiger partial charge on any atom is -0.506 e. The lowest BCUT2D eigenvalue weighted by Gasteiger charge is -2.23. The molecule has 1 fully saturated rings. The van der Waals surface area contributed by atoms with Crippen molar-refractivity contribution < 1.29 is 9.84 Å². The molecule has 2 N–H and O–H groups in total. The van der Waals surface area contributed by atoms with Gasteiger partial charge in [0.2, 0.25) is 0 Å². The molecule has 1 aromatic rings. The highest BCUT2D eigenvalue weighted by molar-refractivity contribution is 5.20. The molecule has 0 saturated carbocycles. The van der Waals surface area contributed by atoms with E-state index in [2.05, 4.69) is 10.3 Å². The van der Waals surface area contributed by atoms with Gasteiger partial charge in [-0.15, -0.1) is 0 Å². The van der Waals surface area contributed by atoms with Crippen molar-refractivity contribution in [3.05, 3.63) is 24.0 Å². The van der Waals surface area contributed by atoms with E-state index in [1.54, 1.807) is 6.07 Å². The van der Waals surface area contributed by atoms with E-state index >= 15 is 0 Å². The molecule has 2 rings (SSSR count). The zero-order valence-corrected chi connectivity index (χ0v) is 7.23. The second kappa shape index (κ2) is 3.72. The van der Waals surface area contributed by atoms with Gasteiger partial charge < -0.3 is 15.2 Å². The average molecular weight is 180 g/mol. The molecule has 1 aliphatic rings. The van der Waals surface area contributed by atoms with Gasteiger partial charge in [0.15, 0.2) is 0 Å². The summed E-state index contributed by atoms with van der Waals surface area (Å²) in [5, 5.41) is 12.3. The first kappa shape index (κ1) is 8.47. The highest BCUT2D eigenvalue weighted by atomic mass is 16.5. The van der Waals surface area contributed by atoms with Gasteiger partial charge in [-0.25, -0.2) is 0 Å². The fourth-order valence-corrected chi connectivity index (χ4v) is 1.36. The van der Waals surface area contributed by atoms with Crippen LogP contribution in [0.1, 0.15) is 11.7 Å². The zero-order chi connectivity index (χ0) is 9.10. The normalized spacial score (nSPS) is 22.9. The van der Waals surface area contributed by atoms with Crippen LogP contribution in [0.3, 0.4) is 0 Å². The molecule has 2 heterocycles. The molecule has 1 saturated heterocycles. The topological polar surface area (TPSA) is 54.4 Å². The molecule has 0 bridgehead atoms. The summed E-state index contributed by atoms with van der Waals surface area (Å²) in [6.45, 7) is 2.26. The smallest absolute Gasteiger partial charge is 0.133 e. The van der Waals surface area contributed by atoms with Crippen LogP contribution >= 0.6 is 0 Å². The van der Waals surface area contributed by atoms with Crippen LogP contribution in [0.4, 0.5) is 0 Å². The Labute approximate surface area is 76.6 Å². The maximum Gasteiger partial charge on any atom is 0.133 e. The number of aromatic nitrogens is 1. The predicted octanol–water partition coefficient (Wildman–Crippen LogP) is 0.448. The highest BCUT2D eigenvalue weighted by Gasteiger charge is 2.15. The van der Waals surface area contributed by atoms with Crippen molar-refractivity contribution in [2.24, 2.45) is 0 Å². The molecule has 0 aliphatic carbocycles. The Morgan fingerprint density at radius 3 is 3.08 bits per heavy atom. The van der Waals surface area contributed by atoms with Crippen LogP contribution in [-0.2, 0) is 4.74 Å². The number of nitrogens with zero attached hydrogens (tertiary/aromatic N) is 1. The van der Waals surface area contributed by atoms with Gasteiger partial charge in [0.25, 0.3) is 0 Å². The van der Waals surface area contributed by atoms with E-state index in [4.69, 9.17) is 9.84 Å². The van der Waals surface area contributed by atoms with Gasteiger partial charge in [0.1, 0.15) is 5.75 Å². The van der Waals surface area contributed by atoms with Gasteiger partial charge in [0, 0.05) is 6.54 Å². The molecule has 0 spiro atoms. The number of morpholine rings is 1. The Balaban J connectivity index is 2.10. The van der Waals surface area contributed by atoms with E-state index in [-0.39, 0.29) is 11.8 Å². The van der Waals surface area contributed by atoms with Crippen LogP contribution in [0.2, 0.25) is 0 Å². The number of nitrogens with one attached hydrogen (secondary N) is 1. The summed E-state index contributed by atoms with van der Waals surface area (Å²) in [6.07, 6.45) is 1.45. The predicted molar refractivity (Wildman–Crippen MR) is 47.5 cm³/mol. The Morgan fingerprint density at radius 2 is 2.46 bits per heavy atom. The summed E-state index contributed by atoms with van der Waals surface area (Å²) in [6, 6.07) is 3.61. The Bertz CT molecular complexity index is 267. The first-order chi connectivity index (χ1) is 6.36. The number of hydrogen-bond acceptors (Lipinski definition) is 4. The first-order valence-electron chi connectivity index (χ1n) is 4.32. The van der Waals surface area contributed by atoms with Crippen molar-refractivity contribution in [3.8, 4) is 5.75 Å². The van der Waals surface area contributed by atoms with Crippen LogP contribution < -0.4 is 5.32 Å². The molecule has 0 radical (unpaired) electrons. The molecule has 70 valence electrons. The molecule has 13 heavy (non-hydrogen) atoms. The number of aromatic hydroxyl groups is 1. The van der Waals surface area contributed by atoms with E-state index in [0.717, 1.165) is 18.8 Å². The molecule has 4 heteroatoms. The van der Waals surface area contributed by atoms with Gasteiger partial charge in [-0.3, -0.25) is 4.98 Å². The van der Waals surface area contributed by atoms with Crippen molar-refractivity contribution in [2.75, 3.05) is 19.8 Å². The highest BCUT2D eigenvalue weighted by Crippen LogP contribution is 2.15. The minimum atomic E-state index is 0.161. The molecule has 4 nitrogen and oxygen atoms in total. The molecule has 1 aliphatic heterocycles. The van der Waals surface area contributed by atoms with E-state index in [0.29, 0.717) is 6.61 Å². The molecule has 1 unspecified atom stereocenters. The third kappa shape index (κ3) is 1.96. The second-order valence-corrected chi connectivity index (χ2v) is 3.02. The molecule has 0 amide bonds. The Kier molecular flexibility index (Phi) is 2.42. The van der Waals surface area contributed by atoms with Gasteiger partial charge in [-0.2, -0.15) is 0 Å². The van der Waals surface area contributed by atoms with Crippen LogP contribution in [-0.4, -0.2) is 29.8 Å². The van der Waals surface area contributed by atoms with E-state index in [1.807, 2.05) is 6.07 Å². The molecule has 0 aromatic carbocycles. The molecular weight excluding hydrogens is 168 g/mol. The van der Waals surface area contributed by atoms with Crippen molar-refractivity contribution in [3.63, 3.8) is 0 Å². The largest absolute Gasteiger partial charge is 0.506 e. The van der Waals surface area contributed by atoms with Crippen LogP contribution in [0.15, 0.2) is 18.3 Å². The fourth-order valence-electron chi connectivity index (χ4n) is 1.36. The minimum absolute atomic E-state index is 0.161. The SMILES string of the molecule is Oc1ccc(C2COCCN2)nc1. The summed E-state index contributed by atoms with van der Waals surface area (Å²) >= 11 is 0. The van der Waals surface area contributed by atoms with Gasteiger partial charge in [-0.1, -0.05) is 0 Å². The summed E-state index contributed by atoms with van der Waals surface area (Å²) in [5.41, 5.74) is 0.914. The number of pyridine rings is 1. The zero-order valence-electron chi connectivity index (χ0n) is 7.23. The van der Waals surface area contributed by atoms with Crippen LogP contribution in [0.25, 0.3) is 0 Å². The standard InChI is InChI=1S/C9H12N2O2/c12-7-1-2-8(11-5-7)9-6-13-4-3-10-9/h1-2,5,9-10,12H,3-4,6H2. The maximum absolute atomic E-state index is 9.04. The number of rotatable bonds is 1. The van der Waals surface area contributed by atoms with E-state index < -0.39 is 0 Å². The summed E-state index contributed by atoms with van der Waals surface area (Å²) < 4.78 is 5.30. The Hall–Kier alpha value is -1.13. The van der Waals surface area contributed by atoms with E-state index in [9.17, 15) is 0 Å². The van der Waals surface area contributed by atoms with Crippen molar-refractivity contribution in [1.82, 2.24) is 10.3 Å². The summed E-state index contributed by atoms with van der Waals surface area (Å²) in [4.78, 5) is 4.11. The third-order valence-corrected chi connectivity index (χ3v) is 2.05. The van der Waals surface area contributed by atoms with Crippen LogP contribution in [0, 0.1) is 0 Å². The fraction of sp³-hybridized carbons (Fsp3) is 0.444. The maximum atomic E-state index is 9.04. The third-order valence-electron chi connectivity index (χ3n) is 2.05. The lowest BCUT2D eigenvalue weighted by Crippen LogP contribution is -2.34. The van der Waals surface area contributed by atoms with Gasteiger partial charge in [-0.05, 0) is 12.1 Å². The molecule has 1 atom stereocenters. The molecular formula is C9H12N2O2. The second-order valence-electron chi connectivity index (χ2n) is 3.02. The van der Waals surface area contributed by atoms with Crippen molar-refractivity contribution >= 4 is 0 Å². The lowest BCUT2D eigenvalue weighted by atomic mass is 10.2. The quantitative estimate of drug-likeness (QED) is 0.658. The van der Waals surface area contributed by atoms with Crippen LogP contribution in [0.5, 0.6) is 5.75 Å². The van der Waals surface area contributed by atoms with E-state index in [1.165, 1.54) is 6.20 Å². The summed E-state index contributed by atoms with van der Waals surface area (Å²) in [7, 11) is 0. The van der Waals surface area contributed by atoms with Crippen molar-refractivity contribution in [1.29, 1.82) is 0 Å². The first-order valence-corrected chi connectivity index (χ1v) is 4.32. The summed E-state index contributed by atoms with van der Waals surface area (Å²) in [5.74, 6) is 0.195. The lowest BCUT2D eigenvalue weighted by molar-refractivity contribution is 0.0756. The number of ether oxygens (including phenoxy) is 1. The van der Waals surface area contributed by atoms with Gasteiger partial charge in [0.05, 0.1) is 31.1 Å². The Morgan fingerprint density at radius 1 is 1.54 bits per heavy atom. The average Bonchev–Trinajstić information content (AvgIpc) is 2.20. The van der Waals surface area contributed by atoms with Crippen molar-refractivity contribution in [2.45, 2.75) is 6.04 Å². The monoisotopic (exact) mass is 180 g/mol. The number of hydrogen-bond donors (Lipinski definition) is 2. The molecule has 1 aromatic heterocycles.